The summed E-state index contributed by atoms with van der Waals surface area (Å²) in [4.78, 5) is 12.6. The molecule has 2 aromatic heterocycles. The van der Waals surface area contributed by atoms with Gasteiger partial charge in [-0.25, -0.2) is 15.0 Å². The maximum atomic E-state index is 4.30. The zero-order chi connectivity index (χ0) is 12.9. The van der Waals surface area contributed by atoms with Crippen LogP contribution in [0.5, 0.6) is 0 Å². The summed E-state index contributed by atoms with van der Waals surface area (Å²) < 4.78 is 2.07. The Balaban J connectivity index is 1.62. The molecule has 0 aliphatic heterocycles. The Hall–Kier alpha value is -2.43. The van der Waals surface area contributed by atoms with E-state index in [0.717, 1.165) is 36.2 Å². The average molecular weight is 253 g/mol. The first-order valence-electron chi connectivity index (χ1n) is 6.33. The normalized spacial score (nSPS) is 10.7. The SMILES string of the molecule is c1ccc2c(NCCCn3ccnc3)ncnc2c1. The first-order valence-corrected chi connectivity index (χ1v) is 6.33. The summed E-state index contributed by atoms with van der Waals surface area (Å²) in [5, 5.41) is 4.43. The highest BCUT2D eigenvalue weighted by Crippen LogP contribution is 2.17. The van der Waals surface area contributed by atoms with Gasteiger partial charge in [-0.2, -0.15) is 0 Å². The third-order valence-electron chi connectivity index (χ3n) is 2.99. The highest BCUT2D eigenvalue weighted by atomic mass is 15.0. The van der Waals surface area contributed by atoms with E-state index in [1.54, 1.807) is 12.5 Å². The second kappa shape index (κ2) is 5.48. The Morgan fingerprint density at radius 2 is 2.11 bits per heavy atom. The van der Waals surface area contributed by atoms with E-state index >= 15 is 0 Å². The molecule has 19 heavy (non-hydrogen) atoms. The standard InChI is InChI=1S/C14H15N5/c1-2-5-13-12(4-1)14(18-10-17-13)16-6-3-8-19-9-7-15-11-19/h1-2,4-5,7,9-11H,3,6,8H2,(H,16,17,18). The van der Waals surface area contributed by atoms with Crippen LogP contribution in [0, 0.1) is 0 Å². The van der Waals surface area contributed by atoms with Gasteiger partial charge in [0.05, 0.1) is 11.8 Å². The van der Waals surface area contributed by atoms with Gasteiger partial charge >= 0.3 is 0 Å². The summed E-state index contributed by atoms with van der Waals surface area (Å²) in [6.45, 7) is 1.83. The van der Waals surface area contributed by atoms with Gasteiger partial charge in [-0.3, -0.25) is 0 Å². The van der Waals surface area contributed by atoms with Gasteiger partial charge in [-0.05, 0) is 18.6 Å². The van der Waals surface area contributed by atoms with Crippen LogP contribution < -0.4 is 5.32 Å². The maximum Gasteiger partial charge on any atom is 0.137 e. The molecule has 1 aromatic carbocycles. The summed E-state index contributed by atoms with van der Waals surface area (Å²) in [5.74, 6) is 0.899. The largest absolute Gasteiger partial charge is 0.369 e. The zero-order valence-corrected chi connectivity index (χ0v) is 10.5. The topological polar surface area (TPSA) is 55.6 Å². The number of hydrogen-bond acceptors (Lipinski definition) is 4. The molecule has 0 bridgehead atoms. The van der Waals surface area contributed by atoms with Crippen LogP contribution in [0.15, 0.2) is 49.3 Å². The molecule has 0 unspecified atom stereocenters. The fraction of sp³-hybridized carbons (Fsp3) is 0.214. The molecule has 1 N–H and O–H groups in total. The number of nitrogens with zero attached hydrogens (tertiary/aromatic N) is 4. The number of aryl methyl sites for hydroxylation is 1. The van der Waals surface area contributed by atoms with Crippen LogP contribution in [-0.2, 0) is 6.54 Å². The number of aromatic nitrogens is 4. The molecule has 0 amide bonds. The number of rotatable bonds is 5. The Morgan fingerprint density at radius 1 is 1.16 bits per heavy atom. The van der Waals surface area contributed by atoms with Crippen molar-refractivity contribution in [1.82, 2.24) is 19.5 Å². The second-order valence-corrected chi connectivity index (χ2v) is 4.32. The highest BCUT2D eigenvalue weighted by Gasteiger charge is 2.01. The summed E-state index contributed by atoms with van der Waals surface area (Å²) in [6, 6.07) is 8.02. The Morgan fingerprint density at radius 3 is 3.00 bits per heavy atom. The molecule has 96 valence electrons. The minimum Gasteiger partial charge on any atom is -0.369 e. The third kappa shape index (κ3) is 2.70. The minimum atomic E-state index is 0.874. The number of para-hydroxylation sites is 1. The van der Waals surface area contributed by atoms with Crippen LogP contribution in [0.2, 0.25) is 0 Å². The lowest BCUT2D eigenvalue weighted by atomic mass is 10.2. The molecular weight excluding hydrogens is 238 g/mol. The monoisotopic (exact) mass is 253 g/mol. The molecule has 0 fully saturated rings. The van der Waals surface area contributed by atoms with Gasteiger partial charge in [0.25, 0.3) is 0 Å². The Kier molecular flexibility index (Phi) is 3.36. The van der Waals surface area contributed by atoms with Gasteiger partial charge in [0.15, 0.2) is 0 Å². The molecule has 5 heteroatoms. The molecule has 0 radical (unpaired) electrons. The Bertz CT molecular complexity index is 643. The average Bonchev–Trinajstić information content (AvgIpc) is 2.97. The van der Waals surface area contributed by atoms with Gasteiger partial charge < -0.3 is 9.88 Å². The van der Waals surface area contributed by atoms with E-state index in [4.69, 9.17) is 0 Å². The number of fused-ring (bicyclic) bond motifs is 1. The summed E-state index contributed by atoms with van der Waals surface area (Å²) in [7, 11) is 0. The summed E-state index contributed by atoms with van der Waals surface area (Å²) >= 11 is 0. The van der Waals surface area contributed by atoms with E-state index in [1.807, 2.05) is 36.8 Å². The Labute approximate surface area is 111 Å². The smallest absolute Gasteiger partial charge is 0.137 e. The first-order chi connectivity index (χ1) is 9.43. The van der Waals surface area contributed by atoms with E-state index in [2.05, 4.69) is 24.8 Å². The third-order valence-corrected chi connectivity index (χ3v) is 2.99. The molecule has 0 aliphatic carbocycles. The van der Waals surface area contributed by atoms with Crippen molar-refractivity contribution < 1.29 is 0 Å². The first kappa shape index (κ1) is 11.6. The quantitative estimate of drug-likeness (QED) is 0.709. The van der Waals surface area contributed by atoms with Gasteiger partial charge in [0.1, 0.15) is 12.1 Å². The van der Waals surface area contributed by atoms with Crippen molar-refractivity contribution in [2.24, 2.45) is 0 Å². The fourth-order valence-electron chi connectivity index (χ4n) is 2.03. The minimum absolute atomic E-state index is 0.874. The molecule has 0 saturated heterocycles. The van der Waals surface area contributed by atoms with E-state index in [9.17, 15) is 0 Å². The van der Waals surface area contributed by atoms with Crippen molar-refractivity contribution >= 4 is 16.7 Å². The molecule has 5 nitrogen and oxygen atoms in total. The van der Waals surface area contributed by atoms with E-state index in [-0.39, 0.29) is 0 Å². The van der Waals surface area contributed by atoms with Crippen LogP contribution in [0.4, 0.5) is 5.82 Å². The van der Waals surface area contributed by atoms with Crippen LogP contribution >= 0.6 is 0 Å². The van der Waals surface area contributed by atoms with Crippen molar-refractivity contribution in [2.75, 3.05) is 11.9 Å². The van der Waals surface area contributed by atoms with Gasteiger partial charge in [-0.15, -0.1) is 0 Å². The number of anilines is 1. The highest BCUT2D eigenvalue weighted by molar-refractivity contribution is 5.88. The fourth-order valence-corrected chi connectivity index (χ4v) is 2.03. The number of imidazole rings is 1. The van der Waals surface area contributed by atoms with E-state index in [1.165, 1.54) is 0 Å². The molecule has 0 spiro atoms. The molecule has 0 aliphatic rings. The van der Waals surface area contributed by atoms with Gasteiger partial charge in [0.2, 0.25) is 0 Å². The molecule has 2 heterocycles. The number of nitrogens with one attached hydrogen (secondary N) is 1. The molecule has 0 saturated carbocycles. The second-order valence-electron chi connectivity index (χ2n) is 4.32. The molecule has 3 rings (SSSR count). The van der Waals surface area contributed by atoms with Gasteiger partial charge in [0, 0.05) is 30.9 Å². The lowest BCUT2D eigenvalue weighted by Gasteiger charge is -2.08. The van der Waals surface area contributed by atoms with Crippen molar-refractivity contribution in [1.29, 1.82) is 0 Å². The predicted octanol–water partition coefficient (Wildman–Crippen LogP) is 2.33. The van der Waals surface area contributed by atoms with Gasteiger partial charge in [-0.1, -0.05) is 12.1 Å². The molecule has 0 atom stereocenters. The van der Waals surface area contributed by atoms with Crippen LogP contribution in [-0.4, -0.2) is 26.1 Å². The number of benzene rings is 1. The maximum absolute atomic E-state index is 4.30. The molecule has 3 aromatic rings. The van der Waals surface area contributed by atoms with Crippen molar-refractivity contribution in [2.45, 2.75) is 13.0 Å². The van der Waals surface area contributed by atoms with E-state index in [0.29, 0.717) is 0 Å². The lowest BCUT2D eigenvalue weighted by molar-refractivity contribution is 0.660. The van der Waals surface area contributed by atoms with Crippen LogP contribution in [0.25, 0.3) is 10.9 Å². The summed E-state index contributed by atoms with van der Waals surface area (Å²) in [5.41, 5.74) is 0.967. The number of hydrogen-bond donors (Lipinski definition) is 1. The van der Waals surface area contributed by atoms with Crippen LogP contribution in [0.3, 0.4) is 0 Å². The zero-order valence-electron chi connectivity index (χ0n) is 10.5. The van der Waals surface area contributed by atoms with E-state index < -0.39 is 0 Å². The molecular formula is C14H15N5. The summed E-state index contributed by atoms with van der Waals surface area (Å²) in [6.07, 6.45) is 8.22. The predicted molar refractivity (Wildman–Crippen MR) is 74.9 cm³/mol. The van der Waals surface area contributed by atoms with Crippen LogP contribution in [0.1, 0.15) is 6.42 Å². The van der Waals surface area contributed by atoms with Crippen molar-refractivity contribution in [3.05, 3.63) is 49.3 Å². The van der Waals surface area contributed by atoms with Crippen molar-refractivity contribution in [3.63, 3.8) is 0 Å². The lowest BCUT2D eigenvalue weighted by Crippen LogP contribution is -2.07. The van der Waals surface area contributed by atoms with Crippen molar-refractivity contribution in [3.8, 4) is 0 Å².